The van der Waals surface area contributed by atoms with Crippen molar-refractivity contribution >= 4 is 16.1 Å². The first-order chi connectivity index (χ1) is 21.8. The highest BCUT2D eigenvalue weighted by atomic mass is 32.2. The number of hydrogen-bond acceptors (Lipinski definition) is 6. The number of carbonyl (C=O) groups is 1. The fourth-order valence-electron chi connectivity index (χ4n) is 5.66. The molecule has 2 aromatic rings. The zero-order valence-corrected chi connectivity index (χ0v) is 28.8. The van der Waals surface area contributed by atoms with Crippen molar-refractivity contribution < 1.29 is 31.8 Å². The minimum absolute atomic E-state index is 0.0691. The number of unbranched alkanes of at least 4 members (excludes halogenated alkanes) is 13. The second-order valence-electron chi connectivity index (χ2n) is 12.6. The summed E-state index contributed by atoms with van der Waals surface area (Å²) in [4.78, 5) is 11.9. The van der Waals surface area contributed by atoms with Crippen LogP contribution in [0.15, 0.2) is 59.8 Å². The van der Waals surface area contributed by atoms with Crippen LogP contribution in [0.1, 0.15) is 128 Å². The Bertz CT molecular complexity index is 1120. The molecule has 1 aliphatic rings. The van der Waals surface area contributed by atoms with Crippen LogP contribution in [0, 0.1) is 12.8 Å². The molecule has 7 nitrogen and oxygen atoms in total. The normalized spacial score (nSPS) is 16.2. The van der Waals surface area contributed by atoms with Crippen molar-refractivity contribution in [1.29, 1.82) is 0 Å². The van der Waals surface area contributed by atoms with E-state index in [1.54, 1.807) is 12.1 Å². The number of hydrogen-bond donors (Lipinski definition) is 0. The maximum atomic E-state index is 12.0. The molecule has 2 atom stereocenters. The molecule has 1 aromatic carbocycles. The third-order valence-electron chi connectivity index (χ3n) is 8.44. The molecule has 1 fully saturated rings. The molecular weight excluding hydrogens is 586 g/mol. The average Bonchev–Trinajstić information content (AvgIpc) is 3.49. The summed E-state index contributed by atoms with van der Waals surface area (Å²) in [7, 11) is -4.27. The second-order valence-corrected chi connectivity index (χ2v) is 14.0. The van der Waals surface area contributed by atoms with Gasteiger partial charge in [-0.15, -0.1) is 0 Å². The van der Waals surface area contributed by atoms with Gasteiger partial charge in [0.05, 0.1) is 17.6 Å². The van der Waals surface area contributed by atoms with Gasteiger partial charge in [-0.1, -0.05) is 108 Å². The lowest BCUT2D eigenvalue weighted by Gasteiger charge is -2.10. The zero-order valence-electron chi connectivity index (χ0n) is 28.0. The number of benzene rings is 1. The minimum Gasteiger partial charge on any atom is -0.744 e. The smallest absolute Gasteiger partial charge is 0.305 e. The predicted molar refractivity (Wildman–Crippen MR) is 179 cm³/mol. The number of esters is 1. The third-order valence-corrected chi connectivity index (χ3v) is 9.29. The van der Waals surface area contributed by atoms with Crippen LogP contribution >= 0.6 is 0 Å². The highest BCUT2D eigenvalue weighted by Gasteiger charge is 2.26. The fourth-order valence-corrected chi connectivity index (χ4v) is 6.13. The Labute approximate surface area is 273 Å². The topological polar surface area (TPSA) is 96.6 Å². The quantitative estimate of drug-likeness (QED) is 0.0552. The average molecular weight is 646 g/mol. The van der Waals surface area contributed by atoms with Crippen LogP contribution in [-0.2, 0) is 30.9 Å². The van der Waals surface area contributed by atoms with E-state index >= 15 is 0 Å². The summed E-state index contributed by atoms with van der Waals surface area (Å²) in [6.45, 7) is 6.39. The highest BCUT2D eigenvalue weighted by Crippen LogP contribution is 2.25. The number of nitrogens with zero attached hydrogens (tertiary/aromatic N) is 1. The molecule has 8 heteroatoms. The number of carbonyl (C=O) groups excluding carboxylic acids is 1. The summed E-state index contributed by atoms with van der Waals surface area (Å²) < 4.78 is 44.7. The van der Waals surface area contributed by atoms with Crippen LogP contribution in [0.5, 0.6) is 0 Å². The molecule has 254 valence electrons. The Kier molecular flexibility index (Phi) is 20.7. The van der Waals surface area contributed by atoms with Crippen molar-refractivity contribution in [3.63, 3.8) is 0 Å². The van der Waals surface area contributed by atoms with Gasteiger partial charge >= 0.3 is 5.97 Å². The Hall–Kier alpha value is -2.29. The molecule has 0 aliphatic carbocycles. The maximum absolute atomic E-state index is 12.0. The zero-order chi connectivity index (χ0) is 32.6. The van der Waals surface area contributed by atoms with E-state index in [0.29, 0.717) is 18.9 Å². The Morgan fingerprint density at radius 2 is 1.42 bits per heavy atom. The van der Waals surface area contributed by atoms with Crippen molar-refractivity contribution in [1.82, 2.24) is 0 Å². The molecule has 1 saturated heterocycles. The molecule has 0 bridgehead atoms. The first-order valence-electron chi connectivity index (χ1n) is 17.5. The molecule has 0 radical (unpaired) electrons. The number of pyridine rings is 1. The van der Waals surface area contributed by atoms with Gasteiger partial charge in [0.15, 0.2) is 12.4 Å². The van der Waals surface area contributed by atoms with Crippen molar-refractivity contribution in [3.8, 4) is 0 Å². The van der Waals surface area contributed by atoms with Gasteiger partial charge in [-0.25, -0.2) is 13.0 Å². The lowest BCUT2D eigenvalue weighted by Crippen LogP contribution is -2.32. The molecule has 0 amide bonds. The van der Waals surface area contributed by atoms with E-state index < -0.39 is 10.1 Å². The first-order valence-corrected chi connectivity index (χ1v) is 18.9. The minimum atomic E-state index is -4.27. The van der Waals surface area contributed by atoms with Gasteiger partial charge in [0.2, 0.25) is 0 Å². The van der Waals surface area contributed by atoms with E-state index in [1.165, 1.54) is 95.6 Å². The molecule has 0 saturated carbocycles. The predicted octanol–water partition coefficient (Wildman–Crippen LogP) is 8.47. The van der Waals surface area contributed by atoms with Gasteiger partial charge in [0.1, 0.15) is 23.3 Å². The number of rotatable bonds is 22. The Morgan fingerprint density at radius 1 is 0.844 bits per heavy atom. The molecule has 1 aliphatic heterocycles. The molecular formula is C37H59NO6S. The standard InChI is InChI=1S/C30H52NO3.C7H8O3S/c1-2-3-4-5-6-7-8-9-10-11-12-15-20-28-25-29(33-26-28)27-34-30(32)21-16-13-17-22-31-23-18-14-19-24-31;1-6-2-4-7(5-3-6)11(8,9)10/h14,18-19,23-24,28-29H,2-13,15-17,20-22,25-27H2,1H3;2-5H,1H3,(H,8,9,10)/q+1;/p-1. The number of ether oxygens (including phenoxy) is 2. The van der Waals surface area contributed by atoms with Gasteiger partial charge in [0, 0.05) is 25.0 Å². The van der Waals surface area contributed by atoms with Crippen LogP contribution in [-0.4, -0.2) is 38.3 Å². The lowest BCUT2D eigenvalue weighted by molar-refractivity contribution is -0.697. The summed E-state index contributed by atoms with van der Waals surface area (Å²) in [5, 5.41) is 0. The molecule has 45 heavy (non-hydrogen) atoms. The van der Waals surface area contributed by atoms with Gasteiger partial charge in [-0.2, -0.15) is 0 Å². The van der Waals surface area contributed by atoms with E-state index in [0.717, 1.165) is 44.4 Å². The number of aromatic nitrogens is 1. The Balaban J connectivity index is 0.000000537. The SMILES string of the molecule is CCCCCCCCCCCCCCC1COC(COC(=O)CCCCC[n+]2ccccc2)C1.Cc1ccc(S(=O)(=O)[O-])cc1. The first kappa shape index (κ1) is 38.9. The molecule has 2 heterocycles. The monoisotopic (exact) mass is 645 g/mol. The van der Waals surface area contributed by atoms with Crippen molar-refractivity contribution in [2.75, 3.05) is 13.2 Å². The van der Waals surface area contributed by atoms with Crippen molar-refractivity contribution in [3.05, 3.63) is 60.4 Å². The van der Waals surface area contributed by atoms with Crippen LogP contribution in [0.2, 0.25) is 0 Å². The highest BCUT2D eigenvalue weighted by molar-refractivity contribution is 7.85. The van der Waals surface area contributed by atoms with Crippen LogP contribution in [0.3, 0.4) is 0 Å². The van der Waals surface area contributed by atoms with E-state index in [2.05, 4.69) is 23.9 Å². The van der Waals surface area contributed by atoms with E-state index in [4.69, 9.17) is 9.47 Å². The van der Waals surface area contributed by atoms with Crippen molar-refractivity contribution in [2.24, 2.45) is 5.92 Å². The van der Waals surface area contributed by atoms with Crippen LogP contribution < -0.4 is 4.57 Å². The molecule has 1 aromatic heterocycles. The molecule has 0 spiro atoms. The lowest BCUT2D eigenvalue weighted by atomic mass is 9.97. The van der Waals surface area contributed by atoms with E-state index in [-0.39, 0.29) is 17.0 Å². The van der Waals surface area contributed by atoms with E-state index in [9.17, 15) is 17.8 Å². The maximum Gasteiger partial charge on any atom is 0.305 e. The van der Waals surface area contributed by atoms with Crippen molar-refractivity contribution in [2.45, 2.75) is 147 Å². The van der Waals surface area contributed by atoms with Gasteiger partial charge in [-0.3, -0.25) is 4.79 Å². The van der Waals surface area contributed by atoms with E-state index in [1.807, 2.05) is 25.1 Å². The van der Waals surface area contributed by atoms with Gasteiger partial charge in [-0.05, 0) is 50.7 Å². The molecule has 0 N–H and O–H groups in total. The summed E-state index contributed by atoms with van der Waals surface area (Å²) in [5.74, 6) is 0.586. The largest absolute Gasteiger partial charge is 0.744 e. The summed E-state index contributed by atoms with van der Waals surface area (Å²) >= 11 is 0. The summed E-state index contributed by atoms with van der Waals surface area (Å²) in [5.41, 5.74) is 0.928. The third kappa shape index (κ3) is 19.7. The van der Waals surface area contributed by atoms with Crippen LogP contribution in [0.4, 0.5) is 0 Å². The summed E-state index contributed by atoms with van der Waals surface area (Å²) in [6.07, 6.45) is 27.0. The Morgan fingerprint density at radius 3 is 2.02 bits per heavy atom. The molecule has 3 rings (SSSR count). The van der Waals surface area contributed by atoms with Gasteiger partial charge < -0.3 is 14.0 Å². The van der Waals surface area contributed by atoms with Crippen LogP contribution in [0.25, 0.3) is 0 Å². The van der Waals surface area contributed by atoms with Gasteiger partial charge in [0.25, 0.3) is 0 Å². The second kappa shape index (κ2) is 24.0. The molecule has 2 unspecified atom stereocenters. The fraction of sp³-hybridized carbons (Fsp3) is 0.676. The number of aryl methyl sites for hydroxylation is 2. The summed E-state index contributed by atoms with van der Waals surface area (Å²) in [6, 6.07) is 11.9.